The number of aromatic carboxylic acids is 1. The lowest BCUT2D eigenvalue weighted by Gasteiger charge is -2.13. The monoisotopic (exact) mass is 247 g/mol. The van der Waals surface area contributed by atoms with Crippen LogP contribution in [-0.4, -0.2) is 25.7 Å². The predicted octanol–water partition coefficient (Wildman–Crippen LogP) is 2.29. The molecule has 0 saturated carbocycles. The van der Waals surface area contributed by atoms with Crippen LogP contribution in [-0.2, 0) is 11.8 Å². The van der Waals surface area contributed by atoms with E-state index in [1.54, 1.807) is 4.52 Å². The lowest BCUT2D eigenvalue weighted by atomic mass is 9.93. The highest BCUT2D eigenvalue weighted by Gasteiger charge is 2.21. The third kappa shape index (κ3) is 1.96. The van der Waals surface area contributed by atoms with Crippen LogP contribution in [0.1, 0.15) is 49.4 Å². The van der Waals surface area contributed by atoms with E-state index in [9.17, 15) is 4.79 Å². The van der Waals surface area contributed by atoms with E-state index < -0.39 is 5.97 Å². The van der Waals surface area contributed by atoms with Crippen LogP contribution in [0.25, 0.3) is 5.65 Å². The van der Waals surface area contributed by atoms with Gasteiger partial charge in [0, 0.05) is 17.7 Å². The van der Waals surface area contributed by atoms with Gasteiger partial charge in [0.15, 0.2) is 5.65 Å². The molecule has 2 aromatic heterocycles. The number of fused-ring (bicyclic) bond motifs is 1. The van der Waals surface area contributed by atoms with Crippen LogP contribution in [0.3, 0.4) is 0 Å². The summed E-state index contributed by atoms with van der Waals surface area (Å²) in [5, 5.41) is 13.6. The maximum Gasteiger partial charge on any atom is 0.339 e. The second-order valence-corrected chi connectivity index (χ2v) is 5.33. The number of aryl methyl sites for hydroxylation is 1. The first-order valence-corrected chi connectivity index (χ1v) is 5.96. The van der Waals surface area contributed by atoms with Crippen LogP contribution in [0, 0.1) is 0 Å². The lowest BCUT2D eigenvalue weighted by molar-refractivity contribution is 0.0694. The number of carboxylic acid groups (broad SMARTS) is 1. The molecule has 0 aromatic carbocycles. The highest BCUT2D eigenvalue weighted by atomic mass is 16.4. The number of nitrogens with zero attached hydrogens (tertiary/aromatic N) is 3. The zero-order valence-corrected chi connectivity index (χ0v) is 11.1. The zero-order valence-electron chi connectivity index (χ0n) is 11.1. The summed E-state index contributed by atoms with van der Waals surface area (Å²) in [4.78, 5) is 15.3. The van der Waals surface area contributed by atoms with Gasteiger partial charge in [-0.25, -0.2) is 14.3 Å². The normalized spacial score (nSPS) is 12.0. The van der Waals surface area contributed by atoms with Crippen LogP contribution in [0.4, 0.5) is 0 Å². The molecule has 0 aliphatic carbocycles. The first-order valence-electron chi connectivity index (χ1n) is 5.96. The van der Waals surface area contributed by atoms with Gasteiger partial charge in [0.05, 0.1) is 17.0 Å². The van der Waals surface area contributed by atoms with Gasteiger partial charge in [-0.2, -0.15) is 5.10 Å². The van der Waals surface area contributed by atoms with Gasteiger partial charge in [0.1, 0.15) is 0 Å². The van der Waals surface area contributed by atoms with Gasteiger partial charge in [0.2, 0.25) is 0 Å². The number of carbonyl (C=O) groups is 1. The third-order valence-electron chi connectivity index (χ3n) is 2.92. The average molecular weight is 247 g/mol. The van der Waals surface area contributed by atoms with E-state index in [0.29, 0.717) is 17.8 Å². The van der Waals surface area contributed by atoms with Crippen molar-refractivity contribution in [3.63, 3.8) is 0 Å². The summed E-state index contributed by atoms with van der Waals surface area (Å²) < 4.78 is 1.64. The van der Waals surface area contributed by atoms with Crippen LogP contribution in [0.5, 0.6) is 0 Å². The van der Waals surface area contributed by atoms with Crippen LogP contribution < -0.4 is 0 Å². The zero-order chi connectivity index (χ0) is 13.5. The molecule has 5 heteroatoms. The van der Waals surface area contributed by atoms with Crippen molar-refractivity contribution in [3.05, 3.63) is 29.2 Å². The summed E-state index contributed by atoms with van der Waals surface area (Å²) in [7, 11) is 0. The minimum Gasteiger partial charge on any atom is -0.478 e. The Balaban J connectivity index is 2.73. The summed E-state index contributed by atoms with van der Waals surface area (Å²) in [6.07, 6.45) is 2.01. The minimum atomic E-state index is -0.964. The molecule has 1 N–H and O–H groups in total. The molecule has 0 radical (unpaired) electrons. The standard InChI is InChI=1S/C13H17N3O2/c1-5-9-8(12(17)18)7-14-11-6-10(13(2,3)4)15-16(9)11/h6-7H,5H2,1-4H3,(H,17,18). The van der Waals surface area contributed by atoms with Crippen LogP contribution in [0.15, 0.2) is 12.3 Å². The first kappa shape index (κ1) is 12.5. The molecule has 0 unspecified atom stereocenters. The number of aromatic nitrogens is 3. The second kappa shape index (κ2) is 4.08. The Morgan fingerprint density at radius 3 is 2.61 bits per heavy atom. The van der Waals surface area contributed by atoms with Crippen LogP contribution >= 0.6 is 0 Å². The molecule has 0 atom stereocenters. The molecule has 96 valence electrons. The van der Waals surface area contributed by atoms with Crippen molar-refractivity contribution in [2.45, 2.75) is 39.5 Å². The van der Waals surface area contributed by atoms with Crippen molar-refractivity contribution in [1.82, 2.24) is 14.6 Å². The SMILES string of the molecule is CCc1c(C(=O)O)cnc2cc(C(C)(C)C)nn12. The molecule has 0 saturated heterocycles. The molecule has 18 heavy (non-hydrogen) atoms. The maximum absolute atomic E-state index is 11.1. The van der Waals surface area contributed by atoms with Gasteiger partial charge >= 0.3 is 5.97 Å². The van der Waals surface area contributed by atoms with E-state index in [0.717, 1.165) is 5.69 Å². The molecular formula is C13H17N3O2. The average Bonchev–Trinajstić information content (AvgIpc) is 2.70. The van der Waals surface area contributed by atoms with E-state index in [2.05, 4.69) is 30.9 Å². The molecule has 2 rings (SSSR count). The molecule has 5 nitrogen and oxygen atoms in total. The number of rotatable bonds is 2. The fourth-order valence-electron chi connectivity index (χ4n) is 1.87. The quantitative estimate of drug-likeness (QED) is 0.884. The van der Waals surface area contributed by atoms with Crippen molar-refractivity contribution in [2.24, 2.45) is 0 Å². The Labute approximate surface area is 105 Å². The first-order chi connectivity index (χ1) is 8.34. The number of hydrogen-bond acceptors (Lipinski definition) is 3. The van der Waals surface area contributed by atoms with Gasteiger partial charge in [0.25, 0.3) is 0 Å². The molecule has 0 fully saturated rings. The highest BCUT2D eigenvalue weighted by molar-refractivity contribution is 5.88. The maximum atomic E-state index is 11.1. The number of carboxylic acids is 1. The summed E-state index contributed by atoms with van der Waals surface area (Å²) in [6, 6.07) is 1.91. The topological polar surface area (TPSA) is 67.5 Å². The molecule has 0 amide bonds. The minimum absolute atomic E-state index is 0.0813. The lowest BCUT2D eigenvalue weighted by Crippen LogP contribution is -2.13. The smallest absolute Gasteiger partial charge is 0.339 e. The molecule has 0 spiro atoms. The third-order valence-corrected chi connectivity index (χ3v) is 2.92. The molecule has 0 aliphatic heterocycles. The Morgan fingerprint density at radius 1 is 1.44 bits per heavy atom. The summed E-state index contributed by atoms with van der Waals surface area (Å²) >= 11 is 0. The fraction of sp³-hybridized carbons (Fsp3) is 0.462. The highest BCUT2D eigenvalue weighted by Crippen LogP contribution is 2.22. The Bertz CT molecular complexity index is 608. The van der Waals surface area contributed by atoms with Gasteiger partial charge in [-0.15, -0.1) is 0 Å². The van der Waals surface area contributed by atoms with Crippen molar-refractivity contribution in [2.75, 3.05) is 0 Å². The molecular weight excluding hydrogens is 230 g/mol. The van der Waals surface area contributed by atoms with Gasteiger partial charge in [-0.05, 0) is 6.42 Å². The van der Waals surface area contributed by atoms with E-state index >= 15 is 0 Å². The Hall–Kier alpha value is -1.91. The van der Waals surface area contributed by atoms with Crippen molar-refractivity contribution < 1.29 is 9.90 Å². The van der Waals surface area contributed by atoms with E-state index in [1.165, 1.54) is 6.20 Å². The molecule has 2 heterocycles. The largest absolute Gasteiger partial charge is 0.478 e. The van der Waals surface area contributed by atoms with Gasteiger partial charge in [-0.1, -0.05) is 27.7 Å². The summed E-state index contributed by atoms with van der Waals surface area (Å²) in [6.45, 7) is 8.12. The Morgan fingerprint density at radius 2 is 2.11 bits per heavy atom. The summed E-state index contributed by atoms with van der Waals surface area (Å²) in [5.41, 5.74) is 2.42. The van der Waals surface area contributed by atoms with Crippen molar-refractivity contribution >= 4 is 11.6 Å². The summed E-state index contributed by atoms with van der Waals surface area (Å²) in [5.74, 6) is -0.964. The van der Waals surface area contributed by atoms with Gasteiger partial charge < -0.3 is 5.11 Å². The van der Waals surface area contributed by atoms with Gasteiger partial charge in [-0.3, -0.25) is 0 Å². The van der Waals surface area contributed by atoms with E-state index in [1.807, 2.05) is 13.0 Å². The number of hydrogen-bond donors (Lipinski definition) is 1. The molecule has 2 aromatic rings. The Kier molecular flexibility index (Phi) is 2.84. The molecule has 0 bridgehead atoms. The molecule has 0 aliphatic rings. The fourth-order valence-corrected chi connectivity index (χ4v) is 1.87. The van der Waals surface area contributed by atoms with Crippen molar-refractivity contribution in [1.29, 1.82) is 0 Å². The van der Waals surface area contributed by atoms with E-state index in [-0.39, 0.29) is 11.0 Å². The second-order valence-electron chi connectivity index (χ2n) is 5.33. The van der Waals surface area contributed by atoms with Crippen LogP contribution in [0.2, 0.25) is 0 Å². The predicted molar refractivity (Wildman–Crippen MR) is 68.0 cm³/mol. The van der Waals surface area contributed by atoms with Crippen molar-refractivity contribution in [3.8, 4) is 0 Å². The van der Waals surface area contributed by atoms with E-state index in [4.69, 9.17) is 5.11 Å².